The van der Waals surface area contributed by atoms with Crippen LogP contribution in [-0.4, -0.2) is 34.7 Å². The molecule has 2 rings (SSSR count). The average Bonchev–Trinajstić information content (AvgIpc) is 2.12. The highest BCUT2D eigenvalue weighted by molar-refractivity contribution is 5.08. The van der Waals surface area contributed by atoms with E-state index in [2.05, 4.69) is 16.0 Å². The lowest BCUT2D eigenvalue weighted by molar-refractivity contribution is 0.0478. The molecule has 0 saturated carbocycles. The Morgan fingerprint density at radius 1 is 1.54 bits per heavy atom. The summed E-state index contributed by atoms with van der Waals surface area (Å²) in [6, 6.07) is 4.04. The van der Waals surface area contributed by atoms with Gasteiger partial charge in [-0.1, -0.05) is 6.07 Å². The first-order valence-electron chi connectivity index (χ1n) is 4.60. The summed E-state index contributed by atoms with van der Waals surface area (Å²) in [6.07, 6.45) is 3.68. The quantitative estimate of drug-likeness (QED) is 0.732. The molecule has 0 aromatic carbocycles. The molecule has 0 atom stereocenters. The second-order valence-electron chi connectivity index (χ2n) is 3.60. The molecule has 1 fully saturated rings. The number of nitrogens with zero attached hydrogens (tertiary/aromatic N) is 2. The second-order valence-corrected chi connectivity index (χ2v) is 3.60. The van der Waals surface area contributed by atoms with E-state index in [-0.39, 0.29) is 0 Å². The minimum absolute atomic E-state index is 0.323. The molecular formula is C10H14N2O. The van der Waals surface area contributed by atoms with Gasteiger partial charge < -0.3 is 5.11 Å². The van der Waals surface area contributed by atoms with Gasteiger partial charge >= 0.3 is 0 Å². The number of rotatable bonds is 3. The summed E-state index contributed by atoms with van der Waals surface area (Å²) >= 11 is 0. The van der Waals surface area contributed by atoms with E-state index in [9.17, 15) is 0 Å². The van der Waals surface area contributed by atoms with Crippen molar-refractivity contribution in [3.05, 3.63) is 30.1 Å². The predicted molar refractivity (Wildman–Crippen MR) is 50.1 cm³/mol. The normalized spacial score (nSPS) is 18.5. The highest BCUT2D eigenvalue weighted by Crippen LogP contribution is 2.17. The molecule has 0 bridgehead atoms. The summed E-state index contributed by atoms with van der Waals surface area (Å²) in [7, 11) is 0. The predicted octanol–water partition coefficient (Wildman–Crippen LogP) is 0.506. The molecule has 0 unspecified atom stereocenters. The van der Waals surface area contributed by atoms with Crippen LogP contribution in [-0.2, 0) is 6.54 Å². The highest BCUT2D eigenvalue weighted by Gasteiger charge is 2.25. The lowest BCUT2D eigenvalue weighted by atomic mass is 10.0. The Morgan fingerprint density at radius 2 is 2.38 bits per heavy atom. The molecule has 0 radical (unpaired) electrons. The average molecular weight is 178 g/mol. The fourth-order valence-electron chi connectivity index (χ4n) is 1.67. The molecule has 13 heavy (non-hydrogen) atoms. The molecule has 1 saturated heterocycles. The first kappa shape index (κ1) is 8.66. The Hall–Kier alpha value is -0.930. The number of pyridine rings is 1. The maximum Gasteiger partial charge on any atom is 0.0483 e. The van der Waals surface area contributed by atoms with E-state index in [1.807, 2.05) is 12.3 Å². The molecule has 70 valence electrons. The Bertz CT molecular complexity index is 257. The first-order valence-corrected chi connectivity index (χ1v) is 4.60. The number of hydrogen-bond donors (Lipinski definition) is 1. The van der Waals surface area contributed by atoms with Crippen molar-refractivity contribution in [2.75, 3.05) is 19.7 Å². The van der Waals surface area contributed by atoms with Gasteiger partial charge in [0, 0.05) is 44.6 Å². The van der Waals surface area contributed by atoms with Crippen molar-refractivity contribution in [1.29, 1.82) is 0 Å². The Morgan fingerprint density at radius 3 is 3.00 bits per heavy atom. The first-order chi connectivity index (χ1) is 6.38. The van der Waals surface area contributed by atoms with E-state index in [1.165, 1.54) is 5.56 Å². The lowest BCUT2D eigenvalue weighted by Gasteiger charge is -2.38. The fourth-order valence-corrected chi connectivity index (χ4v) is 1.67. The van der Waals surface area contributed by atoms with Crippen molar-refractivity contribution >= 4 is 0 Å². The SMILES string of the molecule is OCC1CN(Cc2cccnc2)C1. The van der Waals surface area contributed by atoms with Crippen molar-refractivity contribution in [1.82, 2.24) is 9.88 Å². The molecule has 2 heterocycles. The van der Waals surface area contributed by atoms with E-state index in [1.54, 1.807) is 6.20 Å². The van der Waals surface area contributed by atoms with Gasteiger partial charge in [-0.3, -0.25) is 9.88 Å². The summed E-state index contributed by atoms with van der Waals surface area (Å²) < 4.78 is 0. The molecule has 1 aromatic heterocycles. The number of aromatic nitrogens is 1. The van der Waals surface area contributed by atoms with Crippen LogP contribution in [0.2, 0.25) is 0 Å². The summed E-state index contributed by atoms with van der Waals surface area (Å²) in [5.74, 6) is 0.497. The number of aliphatic hydroxyl groups excluding tert-OH is 1. The van der Waals surface area contributed by atoms with Crippen LogP contribution >= 0.6 is 0 Å². The van der Waals surface area contributed by atoms with Crippen molar-refractivity contribution in [3.63, 3.8) is 0 Å². The van der Waals surface area contributed by atoms with Gasteiger partial charge in [0.2, 0.25) is 0 Å². The maximum atomic E-state index is 8.83. The third kappa shape index (κ3) is 2.05. The lowest BCUT2D eigenvalue weighted by Crippen LogP contribution is -2.47. The number of likely N-dealkylation sites (tertiary alicyclic amines) is 1. The van der Waals surface area contributed by atoms with Gasteiger partial charge in [-0.15, -0.1) is 0 Å². The van der Waals surface area contributed by atoms with Crippen LogP contribution in [0.5, 0.6) is 0 Å². The van der Waals surface area contributed by atoms with Gasteiger partial charge in [0.1, 0.15) is 0 Å². The van der Waals surface area contributed by atoms with Crippen LogP contribution in [0.4, 0.5) is 0 Å². The summed E-state index contributed by atoms with van der Waals surface area (Å²) in [5.41, 5.74) is 1.25. The van der Waals surface area contributed by atoms with Crippen LogP contribution in [0.3, 0.4) is 0 Å². The molecule has 1 aromatic rings. The van der Waals surface area contributed by atoms with Gasteiger partial charge in [0.15, 0.2) is 0 Å². The second kappa shape index (κ2) is 3.85. The smallest absolute Gasteiger partial charge is 0.0483 e. The third-order valence-corrected chi connectivity index (χ3v) is 2.42. The van der Waals surface area contributed by atoms with Crippen LogP contribution in [0.1, 0.15) is 5.56 Å². The van der Waals surface area contributed by atoms with Crippen molar-refractivity contribution < 1.29 is 5.11 Å². The van der Waals surface area contributed by atoms with Gasteiger partial charge in [-0.05, 0) is 11.6 Å². The largest absolute Gasteiger partial charge is 0.396 e. The van der Waals surface area contributed by atoms with E-state index in [0.29, 0.717) is 12.5 Å². The molecule has 0 amide bonds. The molecular weight excluding hydrogens is 164 g/mol. The van der Waals surface area contributed by atoms with Gasteiger partial charge in [-0.25, -0.2) is 0 Å². The minimum Gasteiger partial charge on any atom is -0.396 e. The van der Waals surface area contributed by atoms with Gasteiger partial charge in [0.25, 0.3) is 0 Å². The zero-order valence-electron chi connectivity index (χ0n) is 7.56. The summed E-state index contributed by atoms with van der Waals surface area (Å²) in [5, 5.41) is 8.83. The van der Waals surface area contributed by atoms with Crippen LogP contribution in [0.25, 0.3) is 0 Å². The van der Waals surface area contributed by atoms with Crippen molar-refractivity contribution in [2.45, 2.75) is 6.54 Å². The van der Waals surface area contributed by atoms with Crippen LogP contribution < -0.4 is 0 Å². The molecule has 0 aliphatic carbocycles. The Balaban J connectivity index is 1.81. The third-order valence-electron chi connectivity index (χ3n) is 2.42. The van der Waals surface area contributed by atoms with Crippen molar-refractivity contribution in [2.24, 2.45) is 5.92 Å². The van der Waals surface area contributed by atoms with E-state index in [0.717, 1.165) is 19.6 Å². The minimum atomic E-state index is 0.323. The molecule has 3 heteroatoms. The van der Waals surface area contributed by atoms with Gasteiger partial charge in [0.05, 0.1) is 0 Å². The van der Waals surface area contributed by atoms with E-state index >= 15 is 0 Å². The fraction of sp³-hybridized carbons (Fsp3) is 0.500. The van der Waals surface area contributed by atoms with Gasteiger partial charge in [-0.2, -0.15) is 0 Å². The molecule has 3 nitrogen and oxygen atoms in total. The number of aliphatic hydroxyl groups is 1. The Kier molecular flexibility index (Phi) is 2.57. The topological polar surface area (TPSA) is 36.4 Å². The number of hydrogen-bond acceptors (Lipinski definition) is 3. The van der Waals surface area contributed by atoms with E-state index < -0.39 is 0 Å². The monoisotopic (exact) mass is 178 g/mol. The Labute approximate surface area is 78.0 Å². The maximum absolute atomic E-state index is 8.83. The standard InChI is InChI=1S/C10H14N2O/c13-8-10-6-12(7-10)5-9-2-1-3-11-4-9/h1-4,10,13H,5-8H2. The summed E-state index contributed by atoms with van der Waals surface area (Å²) in [6.45, 7) is 3.32. The van der Waals surface area contributed by atoms with E-state index in [4.69, 9.17) is 5.11 Å². The molecule has 1 N–H and O–H groups in total. The summed E-state index contributed by atoms with van der Waals surface area (Å²) in [4.78, 5) is 6.38. The zero-order valence-corrected chi connectivity index (χ0v) is 7.56. The van der Waals surface area contributed by atoms with Crippen LogP contribution in [0, 0.1) is 5.92 Å². The van der Waals surface area contributed by atoms with Crippen LogP contribution in [0.15, 0.2) is 24.5 Å². The highest BCUT2D eigenvalue weighted by atomic mass is 16.3. The van der Waals surface area contributed by atoms with Crippen molar-refractivity contribution in [3.8, 4) is 0 Å². The molecule has 0 spiro atoms. The molecule has 1 aliphatic rings. The molecule has 1 aliphatic heterocycles. The zero-order chi connectivity index (χ0) is 9.10.